The number of rotatable bonds is 8. The Hall–Kier alpha value is -2.90. The van der Waals surface area contributed by atoms with Gasteiger partial charge in [-0.2, -0.15) is 0 Å². The molecule has 5 fully saturated rings. The number of aliphatic hydroxyl groups is 1. The van der Waals surface area contributed by atoms with Crippen LogP contribution < -0.4 is 5.73 Å². The fraction of sp³-hybridized carbons (Fsp3) is 0.714. The molecule has 10 heteroatoms. The van der Waals surface area contributed by atoms with Crippen LogP contribution in [0.2, 0.25) is 0 Å². The molecule has 4 aliphatic carbocycles. The number of nitrogens with zero attached hydrogens (tertiary/aromatic N) is 4. The van der Waals surface area contributed by atoms with E-state index < -0.39 is 24.1 Å². The van der Waals surface area contributed by atoms with Gasteiger partial charge in [-0.25, -0.2) is 19.7 Å². The molecular formula is C28H37N5O5. The lowest BCUT2D eigenvalue weighted by molar-refractivity contribution is -0.0981. The van der Waals surface area contributed by atoms with Crippen molar-refractivity contribution >= 4 is 23.1 Å². The van der Waals surface area contributed by atoms with Gasteiger partial charge in [-0.15, -0.1) is 6.42 Å². The molecule has 3 heterocycles. The second kappa shape index (κ2) is 9.69. The molecule has 1 saturated heterocycles. The molecule has 7 rings (SSSR count). The summed E-state index contributed by atoms with van der Waals surface area (Å²) in [5.74, 6) is 6.09. The highest BCUT2D eigenvalue weighted by atomic mass is 16.7. The molecule has 3 N–H and O–H groups in total. The van der Waals surface area contributed by atoms with Gasteiger partial charge < -0.3 is 25.1 Å². The molecule has 0 aromatic carbocycles. The van der Waals surface area contributed by atoms with Gasteiger partial charge in [0.25, 0.3) is 0 Å². The number of aromatic nitrogens is 4. The quantitative estimate of drug-likeness (QED) is 0.300. The number of nitrogen functional groups attached to an aromatic ring is 1. The van der Waals surface area contributed by atoms with Crippen molar-refractivity contribution in [2.75, 3.05) is 18.9 Å². The Morgan fingerprint density at radius 1 is 1.18 bits per heavy atom. The second-order valence-electron chi connectivity index (χ2n) is 12.1. The zero-order valence-electron chi connectivity index (χ0n) is 22.0. The molecule has 0 unspecified atom stereocenters. The molecular weight excluding hydrogens is 486 g/mol. The van der Waals surface area contributed by atoms with Crippen LogP contribution in [0, 0.1) is 42.4 Å². The van der Waals surface area contributed by atoms with Gasteiger partial charge in [-0.3, -0.25) is 4.57 Å². The summed E-state index contributed by atoms with van der Waals surface area (Å²) >= 11 is 0. The van der Waals surface area contributed by atoms with E-state index in [0.717, 1.165) is 30.6 Å². The van der Waals surface area contributed by atoms with E-state index in [2.05, 4.69) is 20.9 Å². The third-order valence-electron chi connectivity index (χ3n) is 9.32. The number of carbonyl (C=O) groups excluding carboxylic acids is 1. The van der Waals surface area contributed by atoms with E-state index in [-0.39, 0.29) is 18.8 Å². The molecule has 0 spiro atoms. The summed E-state index contributed by atoms with van der Waals surface area (Å²) in [6.07, 6.45) is 16.6. The van der Waals surface area contributed by atoms with Crippen LogP contribution in [0.1, 0.15) is 76.3 Å². The first-order chi connectivity index (χ1) is 18.3. The predicted octanol–water partition coefficient (Wildman–Crippen LogP) is 3.91. The lowest BCUT2D eigenvalue weighted by atomic mass is 9.48. The first kappa shape index (κ1) is 25.4. The Balaban J connectivity index is 0.980. The number of unbranched alkanes of at least 4 members (excludes halogenated alkanes) is 1. The van der Waals surface area contributed by atoms with E-state index in [1.54, 1.807) is 11.5 Å². The van der Waals surface area contributed by atoms with E-state index in [9.17, 15) is 9.90 Å². The van der Waals surface area contributed by atoms with Crippen LogP contribution >= 0.6 is 0 Å². The largest absolute Gasteiger partial charge is 0.508 e. The van der Waals surface area contributed by atoms with E-state index in [0.29, 0.717) is 29.0 Å². The van der Waals surface area contributed by atoms with E-state index in [1.807, 2.05) is 0 Å². The highest BCUT2D eigenvalue weighted by Gasteiger charge is 2.51. The average molecular weight is 524 g/mol. The molecule has 3 atom stereocenters. The fourth-order valence-corrected chi connectivity index (χ4v) is 8.05. The van der Waals surface area contributed by atoms with Crippen molar-refractivity contribution in [2.45, 2.75) is 89.1 Å². The van der Waals surface area contributed by atoms with Crippen LogP contribution in [0.25, 0.3) is 11.2 Å². The standard InChI is InChI=1S/C28H37N5O5/c1-3-28(21(34)11-22(38-28)33-16-30-23-24(29)31-17(2)32-25(23)33)15-37-26(35)36-7-5-4-6-27-12-18-8-19(13-27)10-20(9-18)14-27/h1,16,18-22,34H,4-15H2,2H3,(H2,29,31,32)/t18?,19?,20?,21-,22+,27?,28+/m0/s1. The Bertz CT molecular complexity index is 1220. The monoisotopic (exact) mass is 523 g/mol. The third-order valence-corrected chi connectivity index (χ3v) is 9.32. The Kier molecular flexibility index (Phi) is 6.47. The fourth-order valence-electron chi connectivity index (χ4n) is 8.05. The molecule has 0 radical (unpaired) electrons. The lowest BCUT2D eigenvalue weighted by Crippen LogP contribution is -2.45. The van der Waals surface area contributed by atoms with Gasteiger partial charge in [0.15, 0.2) is 17.1 Å². The number of nitrogens with two attached hydrogens (primary N) is 1. The van der Waals surface area contributed by atoms with Gasteiger partial charge in [0.05, 0.1) is 12.9 Å². The van der Waals surface area contributed by atoms with Gasteiger partial charge in [-0.1, -0.05) is 5.92 Å². The Labute approximate surface area is 222 Å². The molecule has 1 aliphatic heterocycles. The predicted molar refractivity (Wildman–Crippen MR) is 139 cm³/mol. The number of hydrogen-bond donors (Lipinski definition) is 2. The summed E-state index contributed by atoms with van der Waals surface area (Å²) in [5.41, 5.74) is 5.91. The number of hydrogen-bond acceptors (Lipinski definition) is 9. The number of terminal acetylenes is 1. The van der Waals surface area contributed by atoms with Crippen molar-refractivity contribution in [1.29, 1.82) is 0 Å². The number of carbonyl (C=O) groups is 1. The van der Waals surface area contributed by atoms with Crippen molar-refractivity contribution in [3.8, 4) is 12.3 Å². The maximum absolute atomic E-state index is 12.3. The number of anilines is 1. The van der Waals surface area contributed by atoms with Crippen LogP contribution in [-0.2, 0) is 14.2 Å². The zero-order chi connectivity index (χ0) is 26.5. The summed E-state index contributed by atoms with van der Waals surface area (Å²) in [5, 5.41) is 10.8. The van der Waals surface area contributed by atoms with Crippen molar-refractivity contribution in [2.24, 2.45) is 23.2 Å². The molecule has 4 bridgehead atoms. The summed E-state index contributed by atoms with van der Waals surface area (Å²) < 4.78 is 18.3. The minimum absolute atomic E-state index is 0.168. The number of ether oxygens (including phenoxy) is 3. The van der Waals surface area contributed by atoms with Gasteiger partial charge in [0.2, 0.25) is 0 Å². The molecule has 38 heavy (non-hydrogen) atoms. The maximum atomic E-state index is 12.3. The lowest BCUT2D eigenvalue weighted by Gasteiger charge is -2.57. The van der Waals surface area contributed by atoms with Crippen molar-refractivity contribution in [1.82, 2.24) is 19.5 Å². The zero-order valence-corrected chi connectivity index (χ0v) is 22.0. The average Bonchev–Trinajstić information content (AvgIpc) is 3.43. The first-order valence-electron chi connectivity index (χ1n) is 13.9. The maximum Gasteiger partial charge on any atom is 0.508 e. The molecule has 4 saturated carbocycles. The van der Waals surface area contributed by atoms with Gasteiger partial charge in [0, 0.05) is 6.42 Å². The minimum atomic E-state index is -1.51. The number of fused-ring (bicyclic) bond motifs is 1. The smallest absolute Gasteiger partial charge is 0.434 e. The first-order valence-corrected chi connectivity index (χ1v) is 13.9. The van der Waals surface area contributed by atoms with Crippen molar-refractivity contribution < 1.29 is 24.1 Å². The normalized spacial score (nSPS) is 35.4. The SMILES string of the molecule is C#C[C@]1(COC(=O)OCCCCC23CC4CC(CC(C4)C2)C3)O[C@@H](n2cnc3c(N)nc(C)nc32)C[C@@H]1O. The molecule has 10 nitrogen and oxygen atoms in total. The summed E-state index contributed by atoms with van der Waals surface area (Å²) in [4.78, 5) is 25.1. The molecule has 2 aromatic rings. The molecule has 2 aromatic heterocycles. The molecule has 0 amide bonds. The van der Waals surface area contributed by atoms with Gasteiger partial charge in [0.1, 0.15) is 30.3 Å². The highest BCUT2D eigenvalue weighted by Crippen LogP contribution is 2.61. The van der Waals surface area contributed by atoms with Crippen molar-refractivity contribution in [3.63, 3.8) is 0 Å². The second-order valence-corrected chi connectivity index (χ2v) is 12.1. The Morgan fingerprint density at radius 2 is 1.89 bits per heavy atom. The van der Waals surface area contributed by atoms with E-state index in [1.165, 1.54) is 51.3 Å². The van der Waals surface area contributed by atoms with Crippen LogP contribution in [0.4, 0.5) is 10.6 Å². The summed E-state index contributed by atoms with van der Waals surface area (Å²) in [6, 6.07) is 0. The van der Waals surface area contributed by atoms with E-state index >= 15 is 0 Å². The number of aryl methyl sites for hydroxylation is 1. The summed E-state index contributed by atoms with van der Waals surface area (Å²) in [7, 11) is 0. The van der Waals surface area contributed by atoms with Crippen LogP contribution in [0.15, 0.2) is 6.33 Å². The molecule has 5 aliphatic rings. The Morgan fingerprint density at radius 3 is 2.58 bits per heavy atom. The third kappa shape index (κ3) is 4.60. The van der Waals surface area contributed by atoms with Crippen molar-refractivity contribution in [3.05, 3.63) is 12.2 Å². The number of imidazole rings is 1. The minimum Gasteiger partial charge on any atom is -0.434 e. The highest BCUT2D eigenvalue weighted by molar-refractivity contribution is 5.81. The summed E-state index contributed by atoms with van der Waals surface area (Å²) in [6.45, 7) is 1.71. The topological polar surface area (TPSA) is 135 Å². The van der Waals surface area contributed by atoms with Gasteiger partial charge >= 0.3 is 6.16 Å². The van der Waals surface area contributed by atoms with Gasteiger partial charge in [-0.05, 0) is 87.9 Å². The molecule has 204 valence electrons. The van der Waals surface area contributed by atoms with Crippen LogP contribution in [0.3, 0.4) is 0 Å². The van der Waals surface area contributed by atoms with E-state index in [4.69, 9.17) is 26.4 Å². The van der Waals surface area contributed by atoms with Crippen LogP contribution in [0.5, 0.6) is 0 Å². The van der Waals surface area contributed by atoms with Crippen LogP contribution in [-0.4, -0.2) is 55.7 Å². The number of aliphatic hydroxyl groups excluding tert-OH is 1.